The summed E-state index contributed by atoms with van der Waals surface area (Å²) in [4.78, 5) is 11.3. The molecule has 1 rings (SSSR count). The number of amides is 1. The van der Waals surface area contributed by atoms with Gasteiger partial charge >= 0.3 is 18.9 Å². The summed E-state index contributed by atoms with van der Waals surface area (Å²) in [6.45, 7) is 2.78. The molecule has 13 heavy (non-hydrogen) atoms. The molecule has 1 aromatic rings. The summed E-state index contributed by atoms with van der Waals surface area (Å²) in [5.74, 6) is 0.0115. The first-order valence-electron chi connectivity index (χ1n) is 4.18. The Morgan fingerprint density at radius 3 is 2.46 bits per heavy atom. The van der Waals surface area contributed by atoms with Gasteiger partial charge in [0, 0.05) is 12.1 Å². The average Bonchev–Trinajstić information content (AvgIpc) is 2.15. The van der Waals surface area contributed by atoms with E-state index in [1.165, 1.54) is 0 Å². The molecule has 0 aliphatic rings. The molecule has 0 bridgehead atoms. The van der Waals surface area contributed by atoms with Crippen molar-refractivity contribution in [1.82, 2.24) is 5.32 Å². The van der Waals surface area contributed by atoms with Gasteiger partial charge in [-0.25, -0.2) is 0 Å². The van der Waals surface area contributed by atoms with Crippen LogP contribution in [0.4, 0.5) is 0 Å². The van der Waals surface area contributed by atoms with Crippen molar-refractivity contribution >= 4 is 5.91 Å². The van der Waals surface area contributed by atoms with E-state index in [2.05, 4.69) is 5.32 Å². The molecule has 0 aliphatic heterocycles. The van der Waals surface area contributed by atoms with Crippen molar-refractivity contribution in [3.63, 3.8) is 0 Å². The second kappa shape index (κ2) is 6.77. The zero-order valence-corrected chi connectivity index (χ0v) is 8.21. The van der Waals surface area contributed by atoms with Crippen LogP contribution in [0.2, 0.25) is 0 Å². The van der Waals surface area contributed by atoms with Crippen molar-refractivity contribution in [1.29, 1.82) is 0 Å². The molecule has 0 saturated carbocycles. The Morgan fingerprint density at radius 2 is 1.92 bits per heavy atom. The minimum Gasteiger partial charge on any atom is -0.352 e. The second-order valence-electron chi connectivity index (χ2n) is 2.62. The molecular weight excluding hydrogens is 157 g/mol. The average molecular weight is 170 g/mol. The Morgan fingerprint density at radius 1 is 1.31 bits per heavy atom. The van der Waals surface area contributed by atoms with Gasteiger partial charge in [-0.1, -0.05) is 25.1 Å². The van der Waals surface area contributed by atoms with Gasteiger partial charge in [-0.05, 0) is 18.6 Å². The largest absolute Gasteiger partial charge is 1.00 e. The number of nitrogens with one attached hydrogen (secondary N) is 1. The SMILES string of the molecule is CCCNC(=O)c1ccccc1.[Li+]. The maximum atomic E-state index is 11.3. The normalized spacial score (nSPS) is 8.69. The molecule has 0 saturated heterocycles. The molecule has 3 heteroatoms. The van der Waals surface area contributed by atoms with Crippen LogP contribution in [0.25, 0.3) is 0 Å². The fraction of sp³-hybridized carbons (Fsp3) is 0.300. The van der Waals surface area contributed by atoms with Gasteiger partial charge in [0.05, 0.1) is 0 Å². The molecule has 0 aliphatic carbocycles. The summed E-state index contributed by atoms with van der Waals surface area (Å²) in [6, 6.07) is 9.24. The van der Waals surface area contributed by atoms with E-state index in [4.69, 9.17) is 0 Å². The number of carbonyl (C=O) groups excluding carboxylic acids is 1. The van der Waals surface area contributed by atoms with Crippen LogP contribution < -0.4 is 24.2 Å². The zero-order valence-electron chi connectivity index (χ0n) is 8.21. The second-order valence-corrected chi connectivity index (χ2v) is 2.62. The maximum absolute atomic E-state index is 11.3. The van der Waals surface area contributed by atoms with E-state index in [0.717, 1.165) is 18.5 Å². The molecule has 2 nitrogen and oxygen atoms in total. The van der Waals surface area contributed by atoms with E-state index in [9.17, 15) is 4.79 Å². The Hall–Kier alpha value is -0.713. The summed E-state index contributed by atoms with van der Waals surface area (Å²) in [5.41, 5.74) is 0.728. The third-order valence-corrected chi connectivity index (χ3v) is 1.57. The van der Waals surface area contributed by atoms with Crippen LogP contribution in [0.15, 0.2) is 30.3 Å². The van der Waals surface area contributed by atoms with Gasteiger partial charge in [0.1, 0.15) is 0 Å². The third kappa shape index (κ3) is 4.17. The number of benzene rings is 1. The number of hydrogen-bond donors (Lipinski definition) is 1. The molecule has 1 amide bonds. The molecule has 0 spiro atoms. The first-order valence-corrected chi connectivity index (χ1v) is 4.18. The minimum atomic E-state index is 0. The standard InChI is InChI=1S/C10H13NO.Li/c1-2-8-11-10(12)9-6-4-3-5-7-9;/h3-7H,2,8H2,1H3,(H,11,12);/q;+1. The van der Waals surface area contributed by atoms with Crippen LogP contribution in [-0.4, -0.2) is 12.5 Å². The topological polar surface area (TPSA) is 29.1 Å². The van der Waals surface area contributed by atoms with Gasteiger partial charge in [0.2, 0.25) is 0 Å². The van der Waals surface area contributed by atoms with Crippen LogP contribution in [0.1, 0.15) is 23.7 Å². The fourth-order valence-corrected chi connectivity index (χ4v) is 0.930. The number of rotatable bonds is 3. The summed E-state index contributed by atoms with van der Waals surface area (Å²) in [7, 11) is 0. The Balaban J connectivity index is 0.00000144. The molecular formula is C10H13LiNO+. The first-order chi connectivity index (χ1) is 5.84. The van der Waals surface area contributed by atoms with E-state index in [1.54, 1.807) is 0 Å². The van der Waals surface area contributed by atoms with Gasteiger partial charge < -0.3 is 5.32 Å². The Kier molecular flexibility index (Phi) is 6.40. The molecule has 0 radical (unpaired) electrons. The van der Waals surface area contributed by atoms with Gasteiger partial charge in [-0.15, -0.1) is 0 Å². The summed E-state index contributed by atoms with van der Waals surface area (Å²) in [6.07, 6.45) is 0.971. The van der Waals surface area contributed by atoms with Crippen molar-refractivity contribution in [2.24, 2.45) is 0 Å². The van der Waals surface area contributed by atoms with Gasteiger partial charge in [0.25, 0.3) is 5.91 Å². The minimum absolute atomic E-state index is 0. The predicted molar refractivity (Wildman–Crippen MR) is 49.1 cm³/mol. The van der Waals surface area contributed by atoms with Crippen molar-refractivity contribution in [3.05, 3.63) is 35.9 Å². The molecule has 0 unspecified atom stereocenters. The summed E-state index contributed by atoms with van der Waals surface area (Å²) in [5, 5.41) is 2.81. The van der Waals surface area contributed by atoms with E-state index in [-0.39, 0.29) is 24.8 Å². The van der Waals surface area contributed by atoms with Crippen LogP contribution in [-0.2, 0) is 0 Å². The van der Waals surface area contributed by atoms with Crippen LogP contribution in [0, 0.1) is 0 Å². The molecule has 0 fully saturated rings. The first kappa shape index (κ1) is 12.3. The van der Waals surface area contributed by atoms with Crippen molar-refractivity contribution in [2.75, 3.05) is 6.54 Å². The van der Waals surface area contributed by atoms with Crippen LogP contribution in [0.3, 0.4) is 0 Å². The van der Waals surface area contributed by atoms with E-state index >= 15 is 0 Å². The van der Waals surface area contributed by atoms with Gasteiger partial charge in [-0.3, -0.25) is 4.79 Å². The molecule has 0 aromatic heterocycles. The zero-order chi connectivity index (χ0) is 8.81. The third-order valence-electron chi connectivity index (χ3n) is 1.57. The van der Waals surface area contributed by atoms with Gasteiger partial charge in [0.15, 0.2) is 0 Å². The quantitative estimate of drug-likeness (QED) is 0.569. The molecule has 0 atom stereocenters. The molecule has 0 heterocycles. The van der Waals surface area contributed by atoms with Crippen LogP contribution in [0.5, 0.6) is 0 Å². The molecule has 64 valence electrons. The van der Waals surface area contributed by atoms with Crippen molar-refractivity contribution < 1.29 is 23.7 Å². The number of carbonyl (C=O) groups is 1. The fourth-order valence-electron chi connectivity index (χ4n) is 0.930. The predicted octanol–water partition coefficient (Wildman–Crippen LogP) is -1.17. The smallest absolute Gasteiger partial charge is 0.352 e. The van der Waals surface area contributed by atoms with E-state index < -0.39 is 0 Å². The molecule has 1 aromatic carbocycles. The summed E-state index contributed by atoms with van der Waals surface area (Å²) < 4.78 is 0. The Labute approximate surface area is 90.9 Å². The number of hydrogen-bond acceptors (Lipinski definition) is 1. The van der Waals surface area contributed by atoms with E-state index in [0.29, 0.717) is 0 Å². The van der Waals surface area contributed by atoms with Gasteiger partial charge in [-0.2, -0.15) is 0 Å². The van der Waals surface area contributed by atoms with Crippen LogP contribution >= 0.6 is 0 Å². The van der Waals surface area contributed by atoms with Crippen molar-refractivity contribution in [3.8, 4) is 0 Å². The maximum Gasteiger partial charge on any atom is 1.00 e. The van der Waals surface area contributed by atoms with Crippen molar-refractivity contribution in [2.45, 2.75) is 13.3 Å². The Bertz CT molecular complexity index is 248. The summed E-state index contributed by atoms with van der Waals surface area (Å²) >= 11 is 0. The monoisotopic (exact) mass is 170 g/mol. The molecule has 1 N–H and O–H groups in total. The van der Waals surface area contributed by atoms with E-state index in [1.807, 2.05) is 37.3 Å².